The molecule has 2 heterocycles. The second-order valence-corrected chi connectivity index (χ2v) is 7.53. The molecule has 21 heavy (non-hydrogen) atoms. The summed E-state index contributed by atoms with van der Waals surface area (Å²) in [7, 11) is -3.60. The predicted octanol–water partition coefficient (Wildman–Crippen LogP) is 2.02. The maximum absolute atomic E-state index is 12.7. The van der Waals surface area contributed by atoms with Gasteiger partial charge in [0.1, 0.15) is 10.6 Å². The highest BCUT2D eigenvalue weighted by molar-refractivity contribution is 7.89. The van der Waals surface area contributed by atoms with Crippen molar-refractivity contribution in [1.82, 2.24) is 8.87 Å². The molecule has 0 radical (unpaired) electrons. The zero-order valence-electron chi connectivity index (χ0n) is 12.4. The van der Waals surface area contributed by atoms with Crippen LogP contribution in [0, 0.1) is 5.92 Å². The maximum atomic E-state index is 12.7. The van der Waals surface area contributed by atoms with Gasteiger partial charge in [0.2, 0.25) is 10.0 Å². The standard InChI is InChI=1S/C14H22N2O4S/c1-3-15-10-12(9-13(15)14(17)18)21(19,20)16-7-4-5-11(2)6-8-16/h9-11H,3-8H2,1-2H3,(H,17,18). The van der Waals surface area contributed by atoms with Crippen LogP contribution in [0.15, 0.2) is 17.2 Å². The number of aromatic carboxylic acids is 1. The Morgan fingerprint density at radius 3 is 2.67 bits per heavy atom. The van der Waals surface area contributed by atoms with E-state index in [1.807, 2.05) is 0 Å². The largest absolute Gasteiger partial charge is 0.477 e. The second kappa shape index (κ2) is 6.19. The maximum Gasteiger partial charge on any atom is 0.352 e. The molecule has 1 aliphatic rings. The molecule has 0 aliphatic carbocycles. The Bertz CT molecular complexity index is 621. The fourth-order valence-corrected chi connectivity index (χ4v) is 4.23. The lowest BCUT2D eigenvalue weighted by Crippen LogP contribution is -2.31. The molecule has 1 aromatic rings. The second-order valence-electron chi connectivity index (χ2n) is 5.59. The molecule has 7 heteroatoms. The van der Waals surface area contributed by atoms with E-state index in [0.717, 1.165) is 19.3 Å². The quantitative estimate of drug-likeness (QED) is 0.922. The van der Waals surface area contributed by atoms with Crippen LogP contribution in [0.2, 0.25) is 0 Å². The predicted molar refractivity (Wildman–Crippen MR) is 78.8 cm³/mol. The zero-order valence-corrected chi connectivity index (χ0v) is 13.3. The number of sulfonamides is 1. The third kappa shape index (κ3) is 3.29. The first-order valence-electron chi connectivity index (χ1n) is 7.30. The summed E-state index contributed by atoms with van der Waals surface area (Å²) in [5, 5.41) is 9.14. The molecule has 118 valence electrons. The molecule has 1 fully saturated rings. The summed E-state index contributed by atoms with van der Waals surface area (Å²) >= 11 is 0. The van der Waals surface area contributed by atoms with Crippen LogP contribution in [0.3, 0.4) is 0 Å². The molecule has 0 bridgehead atoms. The van der Waals surface area contributed by atoms with Crippen molar-refractivity contribution in [2.75, 3.05) is 13.1 Å². The molecule has 1 unspecified atom stereocenters. The van der Waals surface area contributed by atoms with E-state index in [-0.39, 0.29) is 10.6 Å². The van der Waals surface area contributed by atoms with E-state index in [0.29, 0.717) is 25.6 Å². The van der Waals surface area contributed by atoms with Gasteiger partial charge < -0.3 is 9.67 Å². The van der Waals surface area contributed by atoms with E-state index in [2.05, 4.69) is 6.92 Å². The average molecular weight is 314 g/mol. The van der Waals surface area contributed by atoms with Crippen molar-refractivity contribution in [2.24, 2.45) is 5.92 Å². The molecular formula is C14H22N2O4S. The van der Waals surface area contributed by atoms with Crippen molar-refractivity contribution in [3.05, 3.63) is 18.0 Å². The van der Waals surface area contributed by atoms with Crippen molar-refractivity contribution in [3.8, 4) is 0 Å². The van der Waals surface area contributed by atoms with Gasteiger partial charge in [-0.25, -0.2) is 13.2 Å². The topological polar surface area (TPSA) is 79.6 Å². The van der Waals surface area contributed by atoms with Crippen LogP contribution in [0.1, 0.15) is 43.6 Å². The third-order valence-corrected chi connectivity index (χ3v) is 5.91. The van der Waals surface area contributed by atoms with Crippen LogP contribution in [-0.4, -0.2) is 41.5 Å². The summed E-state index contributed by atoms with van der Waals surface area (Å²) in [5.74, 6) is -0.581. The molecule has 1 N–H and O–H groups in total. The Morgan fingerprint density at radius 1 is 1.38 bits per heavy atom. The lowest BCUT2D eigenvalue weighted by molar-refractivity contribution is 0.0685. The van der Waals surface area contributed by atoms with Gasteiger partial charge in [0.05, 0.1) is 0 Å². The number of carboxylic acid groups (broad SMARTS) is 1. The van der Waals surface area contributed by atoms with Crippen molar-refractivity contribution < 1.29 is 18.3 Å². The number of carbonyl (C=O) groups is 1. The SMILES string of the molecule is CCn1cc(S(=O)(=O)N2CCCC(C)CC2)cc1C(=O)O. The Morgan fingerprint density at radius 2 is 2.10 bits per heavy atom. The minimum atomic E-state index is -3.60. The summed E-state index contributed by atoms with van der Waals surface area (Å²) in [6.45, 7) is 5.35. The van der Waals surface area contributed by atoms with E-state index < -0.39 is 16.0 Å². The van der Waals surface area contributed by atoms with Crippen molar-refractivity contribution in [3.63, 3.8) is 0 Å². The summed E-state index contributed by atoms with van der Waals surface area (Å²) in [6, 6.07) is 1.26. The minimum Gasteiger partial charge on any atom is -0.477 e. The van der Waals surface area contributed by atoms with E-state index in [1.54, 1.807) is 6.92 Å². The summed E-state index contributed by atoms with van der Waals surface area (Å²) in [4.78, 5) is 11.2. The van der Waals surface area contributed by atoms with Gasteiger partial charge >= 0.3 is 5.97 Å². The van der Waals surface area contributed by atoms with Crippen LogP contribution >= 0.6 is 0 Å². The monoisotopic (exact) mass is 314 g/mol. The number of carboxylic acids is 1. The van der Waals surface area contributed by atoms with Gasteiger partial charge in [-0.1, -0.05) is 6.92 Å². The Hall–Kier alpha value is -1.34. The number of rotatable bonds is 4. The van der Waals surface area contributed by atoms with Crippen molar-refractivity contribution in [1.29, 1.82) is 0 Å². The first-order chi connectivity index (χ1) is 9.86. The third-order valence-electron chi connectivity index (χ3n) is 4.04. The van der Waals surface area contributed by atoms with E-state index in [4.69, 9.17) is 5.11 Å². The van der Waals surface area contributed by atoms with Gasteiger partial charge in [0.25, 0.3) is 0 Å². The first kappa shape index (κ1) is 16.0. The molecule has 0 amide bonds. The molecule has 6 nitrogen and oxygen atoms in total. The number of aryl methyl sites for hydroxylation is 1. The highest BCUT2D eigenvalue weighted by atomic mass is 32.2. The Balaban J connectivity index is 2.33. The average Bonchev–Trinajstić information content (AvgIpc) is 2.76. The minimum absolute atomic E-state index is 0.0132. The molecule has 0 spiro atoms. The fourth-order valence-electron chi connectivity index (χ4n) is 2.69. The van der Waals surface area contributed by atoms with Gasteiger partial charge in [-0.15, -0.1) is 0 Å². The lowest BCUT2D eigenvalue weighted by atomic mass is 10.0. The highest BCUT2D eigenvalue weighted by Gasteiger charge is 2.29. The molecule has 0 saturated carbocycles. The van der Waals surface area contributed by atoms with Crippen LogP contribution in [-0.2, 0) is 16.6 Å². The molecule has 0 aromatic carbocycles. The summed E-state index contributed by atoms with van der Waals surface area (Å²) in [6.07, 6.45) is 4.15. The molecule has 1 atom stereocenters. The molecule has 1 saturated heterocycles. The summed E-state index contributed by atoms with van der Waals surface area (Å²) in [5.41, 5.74) is 0.0132. The van der Waals surface area contributed by atoms with E-state index in [9.17, 15) is 13.2 Å². The van der Waals surface area contributed by atoms with Crippen LogP contribution in [0.5, 0.6) is 0 Å². The fraction of sp³-hybridized carbons (Fsp3) is 0.643. The van der Waals surface area contributed by atoms with Gasteiger partial charge in [-0.3, -0.25) is 0 Å². The smallest absolute Gasteiger partial charge is 0.352 e. The van der Waals surface area contributed by atoms with Crippen LogP contribution in [0.25, 0.3) is 0 Å². The molecular weight excluding hydrogens is 292 g/mol. The first-order valence-corrected chi connectivity index (χ1v) is 8.74. The highest BCUT2D eigenvalue weighted by Crippen LogP contribution is 2.24. The summed E-state index contributed by atoms with van der Waals surface area (Å²) < 4.78 is 28.3. The number of nitrogens with zero attached hydrogens (tertiary/aromatic N) is 2. The van der Waals surface area contributed by atoms with Gasteiger partial charge in [-0.2, -0.15) is 4.31 Å². The molecule has 2 rings (SSSR count). The zero-order chi connectivity index (χ0) is 15.6. The Labute approximate surface area is 125 Å². The number of hydrogen-bond acceptors (Lipinski definition) is 3. The molecule has 1 aliphatic heterocycles. The number of aromatic nitrogens is 1. The lowest BCUT2D eigenvalue weighted by Gasteiger charge is -2.19. The van der Waals surface area contributed by atoms with Gasteiger partial charge in [0, 0.05) is 25.8 Å². The van der Waals surface area contributed by atoms with Crippen molar-refractivity contribution in [2.45, 2.75) is 44.6 Å². The van der Waals surface area contributed by atoms with Crippen LogP contribution in [0.4, 0.5) is 0 Å². The van der Waals surface area contributed by atoms with E-state index in [1.165, 1.54) is 21.1 Å². The number of hydrogen-bond donors (Lipinski definition) is 1. The Kier molecular flexibility index (Phi) is 4.73. The van der Waals surface area contributed by atoms with E-state index >= 15 is 0 Å². The van der Waals surface area contributed by atoms with Gasteiger partial charge in [0.15, 0.2) is 0 Å². The van der Waals surface area contributed by atoms with Crippen LogP contribution < -0.4 is 0 Å². The van der Waals surface area contributed by atoms with Gasteiger partial charge in [-0.05, 0) is 38.2 Å². The molecule has 1 aromatic heterocycles. The normalized spacial score (nSPS) is 21.1. The van der Waals surface area contributed by atoms with Crippen molar-refractivity contribution >= 4 is 16.0 Å².